The summed E-state index contributed by atoms with van der Waals surface area (Å²) in [6.07, 6.45) is 0. The molecule has 3 rings (SSSR count). The van der Waals surface area contributed by atoms with Gasteiger partial charge in [-0.05, 0) is 24.3 Å². The van der Waals surface area contributed by atoms with Gasteiger partial charge in [-0.25, -0.2) is 4.98 Å². The largest absolute Gasteiger partial charge is 0.347 e. The molecule has 2 aromatic carbocycles. The number of benzene rings is 2. The molecular weight excluding hydrogens is 273 g/mol. The summed E-state index contributed by atoms with van der Waals surface area (Å²) in [7, 11) is 0. The van der Waals surface area contributed by atoms with Crippen molar-refractivity contribution in [1.82, 2.24) is 4.98 Å². The van der Waals surface area contributed by atoms with Crippen molar-refractivity contribution in [3.05, 3.63) is 70.5 Å². The normalized spacial score (nSPS) is 10.5. The molecule has 0 bridgehead atoms. The van der Waals surface area contributed by atoms with Gasteiger partial charge in [0.15, 0.2) is 0 Å². The lowest BCUT2D eigenvalue weighted by atomic mass is 10.2. The number of rotatable bonds is 3. The molecule has 0 fully saturated rings. The lowest BCUT2D eigenvalue weighted by Crippen LogP contribution is -2.03. The van der Waals surface area contributed by atoms with Crippen molar-refractivity contribution in [2.24, 2.45) is 0 Å². The van der Waals surface area contributed by atoms with E-state index in [9.17, 15) is 14.5 Å². The molecule has 0 saturated heterocycles. The van der Waals surface area contributed by atoms with E-state index in [0.29, 0.717) is 11.2 Å². The van der Waals surface area contributed by atoms with Crippen LogP contribution in [-0.2, 0) is 0 Å². The Morgan fingerprint density at radius 2 is 1.71 bits per heavy atom. The Bertz CT molecular complexity index is 822. The van der Waals surface area contributed by atoms with Crippen molar-refractivity contribution in [2.75, 3.05) is 5.32 Å². The molecule has 0 aliphatic heterocycles. The molecule has 0 aliphatic rings. The van der Waals surface area contributed by atoms with Crippen molar-refractivity contribution in [1.29, 1.82) is 0 Å². The fourth-order valence-corrected chi connectivity index (χ4v) is 2.07. The highest BCUT2D eigenvalue weighted by Crippen LogP contribution is 2.33. The minimum Gasteiger partial charge on any atom is -0.334 e. The first kappa shape index (κ1) is 13.0. The second kappa shape index (κ2) is 5.16. The molecule has 104 valence electrons. The molecular formula is C15H10FN3O2. The van der Waals surface area contributed by atoms with Gasteiger partial charge >= 0.3 is 5.69 Å². The Morgan fingerprint density at radius 1 is 1.05 bits per heavy atom. The minimum atomic E-state index is -0.885. The number of anilines is 2. The molecule has 1 N–H and O–H groups in total. The highest BCUT2D eigenvalue weighted by atomic mass is 19.1. The molecule has 6 heteroatoms. The number of nitrogens with one attached hydrogen (secondary N) is 1. The van der Waals surface area contributed by atoms with Crippen LogP contribution in [0.5, 0.6) is 0 Å². The summed E-state index contributed by atoms with van der Waals surface area (Å²) in [4.78, 5) is 14.6. The fourth-order valence-electron chi connectivity index (χ4n) is 2.07. The van der Waals surface area contributed by atoms with E-state index in [1.165, 1.54) is 6.07 Å². The van der Waals surface area contributed by atoms with Crippen molar-refractivity contribution in [3.63, 3.8) is 0 Å². The summed E-state index contributed by atoms with van der Waals surface area (Å²) in [5.74, 6) is -0.994. The first-order valence-corrected chi connectivity index (χ1v) is 6.21. The SMILES string of the molecule is O=[N+]([O-])c1c(Nc2ccccc2)nc2ccccc2c1F. The zero-order valence-corrected chi connectivity index (χ0v) is 10.8. The van der Waals surface area contributed by atoms with Gasteiger partial charge in [0.2, 0.25) is 11.6 Å². The lowest BCUT2D eigenvalue weighted by molar-refractivity contribution is -0.386. The monoisotopic (exact) mass is 283 g/mol. The first-order valence-electron chi connectivity index (χ1n) is 6.21. The van der Waals surface area contributed by atoms with Gasteiger partial charge in [0, 0.05) is 11.1 Å². The van der Waals surface area contributed by atoms with Crippen LogP contribution in [0.4, 0.5) is 21.6 Å². The molecule has 0 saturated carbocycles. The summed E-state index contributed by atoms with van der Waals surface area (Å²) in [5.41, 5.74) is 0.305. The van der Waals surface area contributed by atoms with Crippen molar-refractivity contribution < 1.29 is 9.31 Å². The van der Waals surface area contributed by atoms with Gasteiger partial charge in [0.05, 0.1) is 10.4 Å². The van der Waals surface area contributed by atoms with Crippen molar-refractivity contribution in [3.8, 4) is 0 Å². The molecule has 0 amide bonds. The van der Waals surface area contributed by atoms with E-state index >= 15 is 0 Å². The van der Waals surface area contributed by atoms with E-state index in [4.69, 9.17) is 0 Å². The summed E-state index contributed by atoms with van der Waals surface area (Å²) in [5, 5.41) is 14.1. The smallest absolute Gasteiger partial charge is 0.334 e. The molecule has 5 nitrogen and oxygen atoms in total. The second-order valence-electron chi connectivity index (χ2n) is 4.39. The molecule has 1 aromatic heterocycles. The van der Waals surface area contributed by atoms with Crippen LogP contribution in [0.1, 0.15) is 0 Å². The van der Waals surface area contributed by atoms with Crippen LogP contribution in [0, 0.1) is 15.9 Å². The van der Waals surface area contributed by atoms with Crippen LogP contribution in [0.3, 0.4) is 0 Å². The number of para-hydroxylation sites is 2. The molecule has 0 unspecified atom stereocenters. The molecule has 1 heterocycles. The number of nitro groups is 1. The Kier molecular flexibility index (Phi) is 3.19. The number of hydrogen-bond donors (Lipinski definition) is 1. The van der Waals surface area contributed by atoms with Crippen LogP contribution < -0.4 is 5.32 Å². The first-order chi connectivity index (χ1) is 10.2. The van der Waals surface area contributed by atoms with E-state index < -0.39 is 16.4 Å². The third kappa shape index (κ3) is 2.38. The predicted octanol–water partition coefficient (Wildman–Crippen LogP) is 4.03. The summed E-state index contributed by atoms with van der Waals surface area (Å²) >= 11 is 0. The van der Waals surface area contributed by atoms with Gasteiger partial charge < -0.3 is 5.32 Å². The summed E-state index contributed by atoms with van der Waals surface area (Å²) < 4.78 is 14.4. The summed E-state index contributed by atoms with van der Waals surface area (Å²) in [6, 6.07) is 15.2. The van der Waals surface area contributed by atoms with E-state index in [0.717, 1.165) is 0 Å². The van der Waals surface area contributed by atoms with Gasteiger partial charge in [-0.1, -0.05) is 30.3 Å². The van der Waals surface area contributed by atoms with E-state index in [2.05, 4.69) is 10.3 Å². The number of halogens is 1. The van der Waals surface area contributed by atoms with Crippen molar-refractivity contribution in [2.45, 2.75) is 0 Å². The highest BCUT2D eigenvalue weighted by Gasteiger charge is 2.25. The average molecular weight is 283 g/mol. The van der Waals surface area contributed by atoms with Crippen LogP contribution >= 0.6 is 0 Å². The molecule has 0 radical (unpaired) electrons. The number of pyridine rings is 1. The molecule has 21 heavy (non-hydrogen) atoms. The fraction of sp³-hybridized carbons (Fsp3) is 0. The van der Waals surface area contributed by atoms with Crippen molar-refractivity contribution >= 4 is 28.1 Å². The predicted molar refractivity (Wildman–Crippen MR) is 78.1 cm³/mol. The molecule has 3 aromatic rings. The quantitative estimate of drug-likeness (QED) is 0.582. The van der Waals surface area contributed by atoms with Crippen LogP contribution in [0.15, 0.2) is 54.6 Å². The zero-order valence-electron chi connectivity index (χ0n) is 10.8. The Hall–Kier alpha value is -3.02. The van der Waals surface area contributed by atoms with Gasteiger partial charge in [-0.3, -0.25) is 10.1 Å². The zero-order chi connectivity index (χ0) is 14.8. The number of hydrogen-bond acceptors (Lipinski definition) is 4. The topological polar surface area (TPSA) is 68.1 Å². The summed E-state index contributed by atoms with van der Waals surface area (Å²) in [6.45, 7) is 0. The van der Waals surface area contributed by atoms with Gasteiger partial charge in [0.25, 0.3) is 0 Å². The maximum absolute atomic E-state index is 14.4. The third-order valence-electron chi connectivity index (χ3n) is 3.02. The maximum atomic E-state index is 14.4. The number of aromatic nitrogens is 1. The maximum Gasteiger partial charge on any atom is 0.347 e. The molecule has 0 spiro atoms. The Balaban J connectivity index is 2.20. The van der Waals surface area contributed by atoms with E-state index in [1.54, 1.807) is 42.5 Å². The number of fused-ring (bicyclic) bond motifs is 1. The third-order valence-corrected chi connectivity index (χ3v) is 3.02. The number of nitrogens with zero attached hydrogens (tertiary/aromatic N) is 2. The van der Waals surface area contributed by atoms with E-state index in [-0.39, 0.29) is 11.2 Å². The Labute approximate surface area is 119 Å². The second-order valence-corrected chi connectivity index (χ2v) is 4.39. The lowest BCUT2D eigenvalue weighted by Gasteiger charge is -2.08. The molecule has 0 aliphatic carbocycles. The minimum absolute atomic E-state index is 0.109. The van der Waals surface area contributed by atoms with E-state index in [1.807, 2.05) is 6.07 Å². The molecule has 0 atom stereocenters. The Morgan fingerprint density at radius 3 is 2.43 bits per heavy atom. The highest BCUT2D eigenvalue weighted by molar-refractivity contribution is 5.86. The van der Waals surface area contributed by atoms with Crippen LogP contribution in [-0.4, -0.2) is 9.91 Å². The van der Waals surface area contributed by atoms with Gasteiger partial charge in [-0.2, -0.15) is 4.39 Å². The van der Waals surface area contributed by atoms with Crippen LogP contribution in [0.25, 0.3) is 10.9 Å². The average Bonchev–Trinajstić information content (AvgIpc) is 2.48. The van der Waals surface area contributed by atoms with Gasteiger partial charge in [0.1, 0.15) is 0 Å². The van der Waals surface area contributed by atoms with Crippen LogP contribution in [0.2, 0.25) is 0 Å². The van der Waals surface area contributed by atoms with Gasteiger partial charge in [-0.15, -0.1) is 0 Å². The standard InChI is InChI=1S/C15H10FN3O2/c16-13-11-8-4-5-9-12(11)18-15(14(13)19(20)21)17-10-6-2-1-3-7-10/h1-9H,(H,17,18).